The Kier molecular flexibility index (Phi) is 4.15. The molecule has 1 fully saturated rings. The molecule has 1 aliphatic rings. The van der Waals surface area contributed by atoms with Crippen molar-refractivity contribution in [2.75, 3.05) is 25.0 Å². The van der Waals surface area contributed by atoms with Crippen LogP contribution in [0.15, 0.2) is 28.9 Å². The SMILES string of the molecule is Cc1cc(CN(C)CC2CCCN2c2cccnn2)no1. The summed E-state index contributed by atoms with van der Waals surface area (Å²) in [5.41, 5.74) is 0.985. The summed E-state index contributed by atoms with van der Waals surface area (Å²) in [5.74, 6) is 1.84. The van der Waals surface area contributed by atoms with Crippen molar-refractivity contribution in [3.05, 3.63) is 35.9 Å². The summed E-state index contributed by atoms with van der Waals surface area (Å²) < 4.78 is 5.12. The summed E-state index contributed by atoms with van der Waals surface area (Å²) in [5, 5.41) is 12.3. The Bertz CT molecular complexity index is 570. The van der Waals surface area contributed by atoms with Gasteiger partial charge in [0.2, 0.25) is 0 Å². The van der Waals surface area contributed by atoms with E-state index in [4.69, 9.17) is 4.52 Å². The van der Waals surface area contributed by atoms with Gasteiger partial charge in [0, 0.05) is 37.9 Å². The van der Waals surface area contributed by atoms with Gasteiger partial charge in [-0.05, 0) is 38.9 Å². The molecule has 0 aromatic carbocycles. The van der Waals surface area contributed by atoms with Gasteiger partial charge in [-0.1, -0.05) is 5.16 Å². The third-order valence-electron chi connectivity index (χ3n) is 3.86. The summed E-state index contributed by atoms with van der Waals surface area (Å²) in [4.78, 5) is 4.65. The van der Waals surface area contributed by atoms with Crippen molar-refractivity contribution in [3.63, 3.8) is 0 Å². The lowest BCUT2D eigenvalue weighted by Crippen LogP contribution is -2.39. The lowest BCUT2D eigenvalue weighted by Gasteiger charge is -2.28. The van der Waals surface area contributed by atoms with Crippen LogP contribution in [0.1, 0.15) is 24.3 Å². The molecule has 0 radical (unpaired) electrons. The van der Waals surface area contributed by atoms with Gasteiger partial charge in [0.05, 0.1) is 5.69 Å². The van der Waals surface area contributed by atoms with E-state index in [1.165, 1.54) is 12.8 Å². The van der Waals surface area contributed by atoms with Crippen LogP contribution in [0.2, 0.25) is 0 Å². The fourth-order valence-corrected chi connectivity index (χ4v) is 2.97. The lowest BCUT2D eigenvalue weighted by molar-refractivity contribution is 0.289. The van der Waals surface area contributed by atoms with E-state index in [0.717, 1.165) is 36.9 Å². The van der Waals surface area contributed by atoms with E-state index in [9.17, 15) is 0 Å². The Morgan fingerprint density at radius 1 is 1.48 bits per heavy atom. The molecular formula is C15H21N5O. The van der Waals surface area contributed by atoms with E-state index >= 15 is 0 Å². The van der Waals surface area contributed by atoms with Gasteiger partial charge in [-0.15, -0.1) is 5.10 Å². The van der Waals surface area contributed by atoms with E-state index in [2.05, 4.69) is 32.2 Å². The molecular weight excluding hydrogens is 266 g/mol. The van der Waals surface area contributed by atoms with E-state index < -0.39 is 0 Å². The minimum absolute atomic E-state index is 0.486. The van der Waals surface area contributed by atoms with Crippen LogP contribution in [-0.2, 0) is 6.54 Å². The highest BCUT2D eigenvalue weighted by atomic mass is 16.5. The zero-order valence-corrected chi connectivity index (χ0v) is 12.6. The Balaban J connectivity index is 1.61. The molecule has 6 nitrogen and oxygen atoms in total. The van der Waals surface area contributed by atoms with Crippen LogP contribution in [0.25, 0.3) is 0 Å². The van der Waals surface area contributed by atoms with E-state index in [1.807, 2.05) is 25.1 Å². The molecule has 112 valence electrons. The monoisotopic (exact) mass is 287 g/mol. The molecule has 0 aliphatic carbocycles. The highest BCUT2D eigenvalue weighted by Crippen LogP contribution is 2.23. The van der Waals surface area contributed by atoms with Crippen molar-refractivity contribution >= 4 is 5.82 Å². The van der Waals surface area contributed by atoms with Gasteiger partial charge in [-0.25, -0.2) is 0 Å². The Morgan fingerprint density at radius 2 is 2.38 bits per heavy atom. The number of rotatable bonds is 5. The van der Waals surface area contributed by atoms with Crippen LogP contribution < -0.4 is 4.90 Å². The summed E-state index contributed by atoms with van der Waals surface area (Å²) in [7, 11) is 2.12. The molecule has 6 heteroatoms. The van der Waals surface area contributed by atoms with Crippen LogP contribution in [-0.4, -0.2) is 46.4 Å². The first kappa shape index (κ1) is 14.0. The first-order valence-electron chi connectivity index (χ1n) is 7.37. The van der Waals surface area contributed by atoms with Crippen LogP contribution in [0.3, 0.4) is 0 Å². The highest BCUT2D eigenvalue weighted by Gasteiger charge is 2.26. The zero-order chi connectivity index (χ0) is 14.7. The largest absolute Gasteiger partial charge is 0.361 e. The molecule has 1 saturated heterocycles. The first-order valence-corrected chi connectivity index (χ1v) is 7.37. The normalized spacial score (nSPS) is 18.6. The summed E-state index contributed by atoms with van der Waals surface area (Å²) in [6.45, 7) is 4.77. The fraction of sp³-hybridized carbons (Fsp3) is 0.533. The minimum Gasteiger partial charge on any atom is -0.361 e. The quantitative estimate of drug-likeness (QED) is 0.837. The summed E-state index contributed by atoms with van der Waals surface area (Å²) >= 11 is 0. The maximum Gasteiger partial charge on any atom is 0.151 e. The van der Waals surface area contributed by atoms with Gasteiger partial charge >= 0.3 is 0 Å². The number of hydrogen-bond donors (Lipinski definition) is 0. The van der Waals surface area contributed by atoms with Crippen LogP contribution in [0.4, 0.5) is 5.82 Å². The molecule has 2 aromatic rings. The van der Waals surface area contributed by atoms with Crippen molar-refractivity contribution in [1.29, 1.82) is 0 Å². The molecule has 0 bridgehead atoms. The molecule has 0 amide bonds. The maximum absolute atomic E-state index is 5.12. The third kappa shape index (κ3) is 3.39. The second kappa shape index (κ2) is 6.22. The summed E-state index contributed by atoms with van der Waals surface area (Å²) in [6, 6.07) is 6.46. The number of aryl methyl sites for hydroxylation is 1. The lowest BCUT2D eigenvalue weighted by atomic mass is 10.2. The first-order chi connectivity index (χ1) is 10.2. The number of anilines is 1. The topological polar surface area (TPSA) is 58.3 Å². The predicted octanol–water partition coefficient (Wildman–Crippen LogP) is 1.87. The average molecular weight is 287 g/mol. The molecule has 1 atom stereocenters. The van der Waals surface area contributed by atoms with Gasteiger partial charge in [0.1, 0.15) is 5.76 Å². The molecule has 0 spiro atoms. The highest BCUT2D eigenvalue weighted by molar-refractivity contribution is 5.39. The molecule has 0 saturated carbocycles. The number of nitrogens with zero attached hydrogens (tertiary/aromatic N) is 5. The Hall–Kier alpha value is -1.95. The van der Waals surface area contributed by atoms with Gasteiger partial charge in [0.25, 0.3) is 0 Å². The van der Waals surface area contributed by atoms with Crippen LogP contribution >= 0.6 is 0 Å². The molecule has 21 heavy (non-hydrogen) atoms. The maximum atomic E-state index is 5.12. The van der Waals surface area contributed by atoms with E-state index in [1.54, 1.807) is 6.20 Å². The zero-order valence-electron chi connectivity index (χ0n) is 12.6. The van der Waals surface area contributed by atoms with Crippen molar-refractivity contribution in [2.24, 2.45) is 0 Å². The number of likely N-dealkylation sites (N-methyl/N-ethyl adjacent to an activating group) is 1. The van der Waals surface area contributed by atoms with Crippen molar-refractivity contribution < 1.29 is 4.52 Å². The molecule has 3 rings (SSSR count). The minimum atomic E-state index is 0.486. The molecule has 0 N–H and O–H groups in total. The Labute approximate surface area is 124 Å². The van der Waals surface area contributed by atoms with Crippen LogP contribution in [0.5, 0.6) is 0 Å². The standard InChI is InChI=1S/C15H21N5O/c1-12-9-13(18-21-12)10-19(2)11-14-5-4-8-20(14)15-6-3-7-16-17-15/h3,6-7,9,14H,4-5,8,10-11H2,1-2H3. The second-order valence-electron chi connectivity index (χ2n) is 5.70. The average Bonchev–Trinajstić information content (AvgIpc) is 3.09. The van der Waals surface area contributed by atoms with Gasteiger partial charge in [0.15, 0.2) is 5.82 Å². The molecule has 1 aliphatic heterocycles. The second-order valence-corrected chi connectivity index (χ2v) is 5.70. The number of hydrogen-bond acceptors (Lipinski definition) is 6. The van der Waals surface area contributed by atoms with Gasteiger partial charge < -0.3 is 9.42 Å². The molecule has 2 aromatic heterocycles. The van der Waals surface area contributed by atoms with Crippen molar-refractivity contribution in [1.82, 2.24) is 20.3 Å². The molecule has 3 heterocycles. The fourth-order valence-electron chi connectivity index (χ4n) is 2.97. The Morgan fingerprint density at radius 3 is 3.10 bits per heavy atom. The smallest absolute Gasteiger partial charge is 0.151 e. The summed E-state index contributed by atoms with van der Waals surface area (Å²) in [6.07, 6.45) is 4.12. The van der Waals surface area contributed by atoms with E-state index in [-0.39, 0.29) is 0 Å². The van der Waals surface area contributed by atoms with E-state index in [0.29, 0.717) is 6.04 Å². The van der Waals surface area contributed by atoms with Gasteiger partial charge in [-0.2, -0.15) is 5.10 Å². The van der Waals surface area contributed by atoms with Crippen LogP contribution in [0, 0.1) is 6.92 Å². The number of aromatic nitrogens is 3. The van der Waals surface area contributed by atoms with Gasteiger partial charge in [-0.3, -0.25) is 4.90 Å². The van der Waals surface area contributed by atoms with Crippen molar-refractivity contribution in [2.45, 2.75) is 32.4 Å². The molecule has 1 unspecified atom stereocenters. The predicted molar refractivity (Wildman–Crippen MR) is 80.0 cm³/mol. The van der Waals surface area contributed by atoms with Crippen molar-refractivity contribution in [3.8, 4) is 0 Å². The third-order valence-corrected chi connectivity index (χ3v) is 3.86.